The molecule has 0 saturated heterocycles. The average Bonchev–Trinajstić information content (AvgIpc) is 2.88. The van der Waals surface area contributed by atoms with Crippen molar-refractivity contribution in [2.75, 3.05) is 0 Å². The van der Waals surface area contributed by atoms with Gasteiger partial charge in [-0.3, -0.25) is 4.79 Å². The topological polar surface area (TPSA) is 62.1 Å². The predicted molar refractivity (Wildman–Crippen MR) is 82.5 cm³/mol. The van der Waals surface area contributed by atoms with E-state index in [1.54, 1.807) is 0 Å². The molecule has 2 atom stereocenters. The largest absolute Gasteiger partial charge is 0.479 e. The van der Waals surface area contributed by atoms with Crippen LogP contribution in [0.4, 0.5) is 26.3 Å². The van der Waals surface area contributed by atoms with Crippen LogP contribution < -0.4 is 4.74 Å². The molecular weight excluding hydrogens is 429 g/mol. The number of ether oxygens (including phenoxy) is 1. The number of rotatable bonds is 3. The molecule has 27 heavy (non-hydrogen) atoms. The maximum absolute atomic E-state index is 13.2. The van der Waals surface area contributed by atoms with Gasteiger partial charge in [0.2, 0.25) is 0 Å². The second-order valence-electron chi connectivity index (χ2n) is 5.52. The van der Waals surface area contributed by atoms with Crippen LogP contribution in [0.25, 0.3) is 0 Å². The van der Waals surface area contributed by atoms with Gasteiger partial charge in [0.1, 0.15) is 11.5 Å². The van der Waals surface area contributed by atoms with Gasteiger partial charge in [-0.25, -0.2) is 0 Å². The summed E-state index contributed by atoms with van der Waals surface area (Å²) in [5, 5.41) is 11.9. The number of hydrazone groups is 1. The van der Waals surface area contributed by atoms with Crippen molar-refractivity contribution in [3.05, 3.63) is 28.2 Å². The number of hydrogen-bond donors (Lipinski definition) is 1. The first-order valence-electron chi connectivity index (χ1n) is 7.06. The number of carbonyl (C=O) groups excluding carboxylic acids is 1. The molecule has 2 rings (SSSR count). The van der Waals surface area contributed by atoms with Crippen molar-refractivity contribution < 1.29 is 41.0 Å². The number of amides is 1. The highest BCUT2D eigenvalue weighted by atomic mass is 35.5. The van der Waals surface area contributed by atoms with Gasteiger partial charge in [0.05, 0.1) is 11.4 Å². The molecule has 0 fully saturated rings. The number of aliphatic hydroxyl groups is 1. The highest BCUT2D eigenvalue weighted by molar-refractivity contribution is 6.35. The molecule has 1 aromatic rings. The van der Waals surface area contributed by atoms with Gasteiger partial charge in [-0.2, -0.15) is 36.5 Å². The smallest absolute Gasteiger partial charge is 0.438 e. The minimum atomic E-state index is -5.60. The second kappa shape index (κ2) is 7.02. The standard InChI is InChI=1S/C14H10Cl2F6N2O3/c1-6(27-9-3-2-7(15)4-8(9)16)11(25)24-12(26,14(20,21)22)5-10(23-24)13(17,18)19/h2-4,6,26H,5H2,1H3/t6-,12+/m0/s1. The zero-order valence-corrected chi connectivity index (χ0v) is 14.7. The highest BCUT2D eigenvalue weighted by Crippen LogP contribution is 2.43. The monoisotopic (exact) mass is 438 g/mol. The molecule has 13 heteroatoms. The molecule has 0 saturated carbocycles. The summed E-state index contributed by atoms with van der Waals surface area (Å²) in [6, 6.07) is 3.73. The van der Waals surface area contributed by atoms with Gasteiger partial charge >= 0.3 is 12.4 Å². The first-order valence-corrected chi connectivity index (χ1v) is 7.82. The van der Waals surface area contributed by atoms with Crippen LogP contribution in [0.3, 0.4) is 0 Å². The Balaban J connectivity index is 2.33. The number of carbonyl (C=O) groups is 1. The fourth-order valence-electron chi connectivity index (χ4n) is 2.14. The summed E-state index contributed by atoms with van der Waals surface area (Å²) in [5.41, 5.74) is -6.11. The molecule has 0 spiro atoms. The van der Waals surface area contributed by atoms with E-state index in [0.717, 1.165) is 6.92 Å². The third-order valence-electron chi connectivity index (χ3n) is 3.52. The zero-order chi connectivity index (χ0) is 20.8. The van der Waals surface area contributed by atoms with Crippen LogP contribution in [-0.4, -0.2) is 45.9 Å². The van der Waals surface area contributed by atoms with Crippen molar-refractivity contribution in [1.29, 1.82) is 0 Å². The fourth-order valence-corrected chi connectivity index (χ4v) is 2.59. The molecule has 0 aliphatic carbocycles. The van der Waals surface area contributed by atoms with Crippen molar-refractivity contribution in [1.82, 2.24) is 5.01 Å². The summed E-state index contributed by atoms with van der Waals surface area (Å²) in [6.07, 6.45) is -14.6. The van der Waals surface area contributed by atoms with E-state index < -0.39 is 47.2 Å². The maximum Gasteiger partial charge on any atom is 0.438 e. The maximum atomic E-state index is 13.2. The van der Waals surface area contributed by atoms with Crippen LogP contribution in [0.5, 0.6) is 5.75 Å². The van der Waals surface area contributed by atoms with Crippen molar-refractivity contribution >= 4 is 34.8 Å². The number of alkyl halides is 6. The third-order valence-corrected chi connectivity index (χ3v) is 4.05. The lowest BCUT2D eigenvalue weighted by Crippen LogP contribution is -2.59. The molecule has 1 N–H and O–H groups in total. The Bertz CT molecular complexity index is 783. The fraction of sp³-hybridized carbons (Fsp3) is 0.429. The van der Waals surface area contributed by atoms with Crippen LogP contribution >= 0.6 is 23.2 Å². The second-order valence-corrected chi connectivity index (χ2v) is 6.36. The Morgan fingerprint density at radius 2 is 1.89 bits per heavy atom. The molecule has 0 radical (unpaired) electrons. The summed E-state index contributed by atoms with van der Waals surface area (Å²) in [4.78, 5) is 12.3. The molecule has 1 aliphatic heterocycles. The minimum Gasteiger partial charge on any atom is -0.479 e. The molecule has 0 aromatic heterocycles. The third kappa shape index (κ3) is 4.25. The molecule has 0 bridgehead atoms. The molecule has 1 aromatic carbocycles. The minimum absolute atomic E-state index is 0.0888. The van der Waals surface area contributed by atoms with E-state index in [9.17, 15) is 36.2 Å². The van der Waals surface area contributed by atoms with E-state index in [1.165, 1.54) is 18.2 Å². The predicted octanol–water partition coefficient (Wildman–Crippen LogP) is 4.16. The molecule has 5 nitrogen and oxygen atoms in total. The lowest BCUT2D eigenvalue weighted by Gasteiger charge is -2.33. The van der Waals surface area contributed by atoms with Crippen molar-refractivity contribution in [3.8, 4) is 5.75 Å². The Morgan fingerprint density at radius 3 is 2.37 bits per heavy atom. The van der Waals surface area contributed by atoms with Crippen molar-refractivity contribution in [2.45, 2.75) is 37.5 Å². The normalized spacial score (nSPS) is 21.9. The van der Waals surface area contributed by atoms with Gasteiger partial charge in [0.15, 0.2) is 6.10 Å². The summed E-state index contributed by atoms with van der Waals surface area (Å²) in [5.74, 6) is -1.81. The van der Waals surface area contributed by atoms with Gasteiger partial charge in [-0.15, -0.1) is 0 Å². The van der Waals surface area contributed by atoms with Gasteiger partial charge in [-0.05, 0) is 25.1 Å². The number of halogens is 8. The number of benzene rings is 1. The van der Waals surface area contributed by atoms with E-state index in [-0.39, 0.29) is 15.8 Å². The van der Waals surface area contributed by atoms with Gasteiger partial charge in [0, 0.05) is 5.02 Å². The van der Waals surface area contributed by atoms with Crippen LogP contribution in [0, 0.1) is 0 Å². The Labute approximate surface area is 158 Å². The SMILES string of the molecule is C[C@H](Oc1ccc(Cl)cc1Cl)C(=O)N1N=C(C(F)(F)F)C[C@@]1(O)C(F)(F)F. The first kappa shape index (κ1) is 21.6. The van der Waals surface area contributed by atoms with E-state index >= 15 is 0 Å². The summed E-state index contributed by atoms with van der Waals surface area (Å²) >= 11 is 11.5. The molecule has 1 heterocycles. The zero-order valence-electron chi connectivity index (χ0n) is 13.2. The van der Waals surface area contributed by atoms with Gasteiger partial charge < -0.3 is 9.84 Å². The van der Waals surface area contributed by atoms with E-state index in [0.29, 0.717) is 0 Å². The molecule has 1 aliphatic rings. The van der Waals surface area contributed by atoms with Crippen LogP contribution in [-0.2, 0) is 4.79 Å². The van der Waals surface area contributed by atoms with Gasteiger partial charge in [0.25, 0.3) is 11.6 Å². The summed E-state index contributed by atoms with van der Waals surface area (Å²) < 4.78 is 82.8. The van der Waals surface area contributed by atoms with E-state index in [2.05, 4.69) is 5.10 Å². The Kier molecular flexibility index (Phi) is 5.61. The van der Waals surface area contributed by atoms with E-state index in [1.807, 2.05) is 0 Å². The van der Waals surface area contributed by atoms with Crippen molar-refractivity contribution in [3.63, 3.8) is 0 Å². The average molecular weight is 439 g/mol. The molecular formula is C14H10Cl2F6N2O3. The highest BCUT2D eigenvalue weighted by Gasteiger charge is 2.66. The number of nitrogens with zero attached hydrogens (tertiary/aromatic N) is 2. The molecule has 1 amide bonds. The van der Waals surface area contributed by atoms with Crippen molar-refractivity contribution in [2.24, 2.45) is 5.10 Å². The Hall–Kier alpha value is -1.72. The molecule has 150 valence electrons. The number of hydrogen-bond acceptors (Lipinski definition) is 4. The molecule has 0 unspecified atom stereocenters. The van der Waals surface area contributed by atoms with Crippen LogP contribution in [0.2, 0.25) is 10.0 Å². The van der Waals surface area contributed by atoms with E-state index in [4.69, 9.17) is 27.9 Å². The first-order chi connectivity index (χ1) is 12.2. The van der Waals surface area contributed by atoms with Gasteiger partial charge in [-0.1, -0.05) is 23.2 Å². The quantitative estimate of drug-likeness (QED) is 0.720. The van der Waals surface area contributed by atoms with Crippen LogP contribution in [0.1, 0.15) is 13.3 Å². The summed E-state index contributed by atoms with van der Waals surface area (Å²) in [6.45, 7) is 0.963. The lowest BCUT2D eigenvalue weighted by atomic mass is 10.1. The summed E-state index contributed by atoms with van der Waals surface area (Å²) in [7, 11) is 0. The van der Waals surface area contributed by atoms with Crippen LogP contribution in [0.15, 0.2) is 23.3 Å². The lowest BCUT2D eigenvalue weighted by molar-refractivity contribution is -0.303. The Morgan fingerprint density at radius 1 is 1.30 bits per heavy atom.